The summed E-state index contributed by atoms with van der Waals surface area (Å²) >= 11 is 0. The van der Waals surface area contributed by atoms with Gasteiger partial charge in [-0.2, -0.15) is 0 Å². The number of hydrogen-bond acceptors (Lipinski definition) is 0. The number of nitrogens with zero attached hydrogens (tertiary/aromatic N) is 1. The molecule has 0 spiro atoms. The highest BCUT2D eigenvalue weighted by Crippen LogP contribution is 2.24. The summed E-state index contributed by atoms with van der Waals surface area (Å²) < 4.78 is 1.01. The zero-order valence-corrected chi connectivity index (χ0v) is 21.2. The maximum absolute atomic E-state index is 2.46. The van der Waals surface area contributed by atoms with E-state index in [1.54, 1.807) is 0 Å². The molecule has 0 radical (unpaired) electrons. The fourth-order valence-electron chi connectivity index (χ4n) is 4.91. The van der Waals surface area contributed by atoms with Gasteiger partial charge in [-0.1, -0.05) is 143 Å². The van der Waals surface area contributed by atoms with Crippen molar-refractivity contribution in [2.24, 2.45) is 0 Å². The van der Waals surface area contributed by atoms with Gasteiger partial charge in [-0.3, -0.25) is 0 Å². The van der Waals surface area contributed by atoms with Crippen molar-refractivity contribution in [3.05, 3.63) is 120 Å². The first-order valence-corrected chi connectivity index (χ1v) is 13.4. The Bertz CT molecular complexity index is 813. The Morgan fingerprint density at radius 3 is 1.35 bits per heavy atom. The molecule has 0 unspecified atom stereocenters. The Balaban J connectivity index is 1.70. The highest BCUT2D eigenvalue weighted by atomic mass is 15.3. The Morgan fingerprint density at radius 2 is 0.912 bits per heavy atom. The maximum atomic E-state index is 2.46. The van der Waals surface area contributed by atoms with E-state index < -0.39 is 0 Å². The van der Waals surface area contributed by atoms with E-state index in [-0.39, 0.29) is 0 Å². The van der Waals surface area contributed by atoms with Crippen LogP contribution in [0.4, 0.5) is 0 Å². The van der Waals surface area contributed by atoms with Crippen LogP contribution in [0, 0.1) is 0 Å². The molecule has 0 aliphatic heterocycles. The standard InChI is InChI=1S/C33H44N/c1-2-3-4-5-6-7-8-9-10-20-27-34(28-31-21-14-11-15-22-31,29-32-23-16-12-17-24-32)30-33-25-18-13-19-26-33/h10-26H,2-9,27-30H2,1H3/q+1/b20-10+. The average molecular weight is 455 g/mol. The molecule has 0 fully saturated rings. The van der Waals surface area contributed by atoms with Crippen LogP contribution in [-0.2, 0) is 19.6 Å². The zero-order chi connectivity index (χ0) is 23.7. The topological polar surface area (TPSA) is 0 Å². The fourth-order valence-corrected chi connectivity index (χ4v) is 4.91. The molecule has 3 aromatic carbocycles. The van der Waals surface area contributed by atoms with Crippen LogP contribution in [0.5, 0.6) is 0 Å². The molecule has 1 heteroatoms. The monoisotopic (exact) mass is 454 g/mol. The lowest BCUT2D eigenvalue weighted by atomic mass is 10.1. The van der Waals surface area contributed by atoms with Crippen molar-refractivity contribution in [3.8, 4) is 0 Å². The van der Waals surface area contributed by atoms with Crippen molar-refractivity contribution in [1.29, 1.82) is 0 Å². The van der Waals surface area contributed by atoms with Gasteiger partial charge in [0.15, 0.2) is 0 Å². The minimum absolute atomic E-state index is 1.01. The normalized spacial score (nSPS) is 11.8. The molecular weight excluding hydrogens is 410 g/mol. The summed E-state index contributed by atoms with van der Waals surface area (Å²) in [4.78, 5) is 0. The van der Waals surface area contributed by atoms with Crippen LogP contribution in [0.1, 0.15) is 75.0 Å². The zero-order valence-electron chi connectivity index (χ0n) is 21.2. The van der Waals surface area contributed by atoms with Gasteiger partial charge < -0.3 is 4.48 Å². The number of quaternary nitrogens is 1. The van der Waals surface area contributed by atoms with E-state index in [0.717, 1.165) is 30.7 Å². The molecule has 0 aliphatic carbocycles. The van der Waals surface area contributed by atoms with Crippen molar-refractivity contribution in [2.45, 2.75) is 77.9 Å². The van der Waals surface area contributed by atoms with Crippen LogP contribution in [0.2, 0.25) is 0 Å². The van der Waals surface area contributed by atoms with Crippen LogP contribution < -0.4 is 0 Å². The van der Waals surface area contributed by atoms with Crippen molar-refractivity contribution < 1.29 is 4.48 Å². The summed E-state index contributed by atoms with van der Waals surface area (Å²) in [5.41, 5.74) is 4.24. The molecule has 0 N–H and O–H groups in total. The molecule has 3 rings (SSSR count). The van der Waals surface area contributed by atoms with Gasteiger partial charge in [0.05, 0.1) is 6.54 Å². The summed E-state index contributed by atoms with van der Waals surface area (Å²) in [5, 5.41) is 0. The lowest BCUT2D eigenvalue weighted by Gasteiger charge is -2.38. The number of unbranched alkanes of at least 4 members (excludes halogenated alkanes) is 7. The largest absolute Gasteiger partial charge is 0.309 e. The van der Waals surface area contributed by atoms with E-state index in [4.69, 9.17) is 0 Å². The van der Waals surface area contributed by atoms with E-state index in [0.29, 0.717) is 0 Å². The van der Waals surface area contributed by atoms with E-state index in [1.165, 1.54) is 68.1 Å². The Hall–Kier alpha value is -2.64. The third-order valence-corrected chi connectivity index (χ3v) is 6.72. The summed E-state index contributed by atoms with van der Waals surface area (Å²) in [7, 11) is 0. The van der Waals surface area contributed by atoms with Crippen molar-refractivity contribution >= 4 is 0 Å². The molecule has 0 bridgehead atoms. The highest BCUT2D eigenvalue weighted by Gasteiger charge is 2.27. The lowest BCUT2D eigenvalue weighted by Crippen LogP contribution is -2.46. The number of benzene rings is 3. The highest BCUT2D eigenvalue weighted by molar-refractivity contribution is 5.17. The van der Waals surface area contributed by atoms with Gasteiger partial charge in [-0.15, -0.1) is 0 Å². The first-order chi connectivity index (χ1) is 16.8. The quantitative estimate of drug-likeness (QED) is 0.115. The predicted molar refractivity (Wildman–Crippen MR) is 147 cm³/mol. The summed E-state index contributed by atoms with van der Waals surface area (Å²) in [6.07, 6.45) is 15.7. The minimum Gasteiger partial charge on any atom is -0.309 e. The van der Waals surface area contributed by atoms with Gasteiger partial charge in [-0.05, 0) is 18.9 Å². The van der Waals surface area contributed by atoms with Gasteiger partial charge >= 0.3 is 0 Å². The van der Waals surface area contributed by atoms with Crippen molar-refractivity contribution in [2.75, 3.05) is 6.54 Å². The second-order valence-corrected chi connectivity index (χ2v) is 9.84. The fraction of sp³-hybridized carbons (Fsp3) is 0.394. The van der Waals surface area contributed by atoms with Crippen LogP contribution in [0.15, 0.2) is 103 Å². The molecule has 180 valence electrons. The van der Waals surface area contributed by atoms with E-state index >= 15 is 0 Å². The van der Waals surface area contributed by atoms with Crippen LogP contribution in [0.3, 0.4) is 0 Å². The molecule has 0 amide bonds. The molecule has 0 saturated carbocycles. The maximum Gasteiger partial charge on any atom is 0.105 e. The van der Waals surface area contributed by atoms with Gasteiger partial charge in [0.1, 0.15) is 19.6 Å². The molecule has 0 heterocycles. The number of rotatable bonds is 16. The third kappa shape index (κ3) is 9.69. The van der Waals surface area contributed by atoms with Crippen LogP contribution in [0.25, 0.3) is 0 Å². The lowest BCUT2D eigenvalue weighted by molar-refractivity contribution is -0.961. The summed E-state index contributed by atoms with van der Waals surface area (Å²) in [6.45, 7) is 6.44. The Kier molecular flexibility index (Phi) is 11.7. The summed E-state index contributed by atoms with van der Waals surface area (Å²) in [6, 6.07) is 33.1. The Labute approximate surface area is 208 Å². The molecule has 3 aromatic rings. The number of hydrogen-bond donors (Lipinski definition) is 0. The minimum atomic E-state index is 1.01. The SMILES string of the molecule is CCCCCCCCC/C=C/C[N+](Cc1ccccc1)(Cc1ccccc1)Cc1ccccc1. The van der Waals surface area contributed by atoms with Crippen molar-refractivity contribution in [3.63, 3.8) is 0 Å². The van der Waals surface area contributed by atoms with Gasteiger partial charge in [-0.25, -0.2) is 0 Å². The third-order valence-electron chi connectivity index (χ3n) is 6.72. The molecule has 0 atom stereocenters. The van der Waals surface area contributed by atoms with E-state index in [1.807, 2.05) is 0 Å². The van der Waals surface area contributed by atoms with Gasteiger partial charge in [0.25, 0.3) is 0 Å². The smallest absolute Gasteiger partial charge is 0.105 e. The summed E-state index contributed by atoms with van der Waals surface area (Å²) in [5.74, 6) is 0. The van der Waals surface area contributed by atoms with Crippen LogP contribution >= 0.6 is 0 Å². The van der Waals surface area contributed by atoms with E-state index in [2.05, 4.69) is 110 Å². The first kappa shape index (κ1) is 26.0. The second kappa shape index (κ2) is 15.3. The van der Waals surface area contributed by atoms with Gasteiger partial charge in [0.2, 0.25) is 0 Å². The van der Waals surface area contributed by atoms with E-state index in [9.17, 15) is 0 Å². The average Bonchev–Trinajstić information content (AvgIpc) is 2.87. The molecule has 34 heavy (non-hydrogen) atoms. The predicted octanol–water partition coefficient (Wildman–Crippen LogP) is 9.10. The first-order valence-electron chi connectivity index (χ1n) is 13.4. The number of allylic oxidation sites excluding steroid dienone is 1. The Morgan fingerprint density at radius 1 is 0.500 bits per heavy atom. The van der Waals surface area contributed by atoms with Gasteiger partial charge in [0, 0.05) is 16.7 Å². The molecule has 0 aromatic heterocycles. The molecule has 0 aliphatic rings. The second-order valence-electron chi connectivity index (χ2n) is 9.84. The molecule has 0 saturated heterocycles. The van der Waals surface area contributed by atoms with Crippen LogP contribution in [-0.4, -0.2) is 11.0 Å². The molecule has 1 nitrogen and oxygen atoms in total. The molecular formula is C33H44N+. The van der Waals surface area contributed by atoms with Crippen molar-refractivity contribution in [1.82, 2.24) is 0 Å².